The van der Waals surface area contributed by atoms with Gasteiger partial charge in [-0.2, -0.15) is 5.48 Å². The van der Waals surface area contributed by atoms with Gasteiger partial charge in [0.25, 0.3) is 5.91 Å². The van der Waals surface area contributed by atoms with Crippen LogP contribution in [0.3, 0.4) is 0 Å². The number of thiazole rings is 1. The third-order valence-electron chi connectivity index (χ3n) is 5.77. The molecule has 0 radical (unpaired) electrons. The maximum absolute atomic E-state index is 13.5. The number of ether oxygens (including phenoxy) is 1. The van der Waals surface area contributed by atoms with E-state index >= 15 is 0 Å². The molecule has 1 aliphatic rings. The summed E-state index contributed by atoms with van der Waals surface area (Å²) in [6.45, 7) is 12.5. The van der Waals surface area contributed by atoms with Crippen molar-refractivity contribution in [3.63, 3.8) is 0 Å². The molecule has 3 rings (SSSR count). The number of nitrogens with zero attached hydrogens (tertiary/aromatic N) is 2. The first-order valence-corrected chi connectivity index (χ1v) is 13.0. The molecule has 3 atom stereocenters. The van der Waals surface area contributed by atoms with Gasteiger partial charge < -0.3 is 24.9 Å². The number of benzene rings is 1. The number of hydroxylamine groups is 1. The maximum Gasteiger partial charge on any atom is 0.408 e. The molecule has 0 spiro atoms. The number of hydrogen-bond donors (Lipinski definition) is 3. The van der Waals surface area contributed by atoms with Gasteiger partial charge in [0.1, 0.15) is 17.7 Å². The molecule has 37 heavy (non-hydrogen) atoms. The quantitative estimate of drug-likeness (QED) is 0.486. The normalized spacial score (nSPS) is 18.8. The van der Waals surface area contributed by atoms with Crippen molar-refractivity contribution in [3.05, 3.63) is 35.5 Å². The molecule has 202 valence electrons. The molecule has 1 saturated heterocycles. The minimum atomic E-state index is -0.980. The summed E-state index contributed by atoms with van der Waals surface area (Å²) in [5.41, 5.74) is 4.68. The predicted octanol–water partition coefficient (Wildman–Crippen LogP) is 3.43. The predicted molar refractivity (Wildman–Crippen MR) is 140 cm³/mol. The van der Waals surface area contributed by atoms with E-state index in [-0.39, 0.29) is 13.0 Å². The monoisotopic (exact) mass is 532 g/mol. The smallest absolute Gasteiger partial charge is 0.408 e. The first-order valence-electron chi connectivity index (χ1n) is 12.1. The molecule has 11 heteroatoms. The van der Waals surface area contributed by atoms with E-state index in [1.165, 1.54) is 16.2 Å². The molecule has 3 N–H and O–H groups in total. The van der Waals surface area contributed by atoms with Gasteiger partial charge in [-0.25, -0.2) is 9.78 Å². The van der Waals surface area contributed by atoms with Crippen LogP contribution < -0.4 is 15.6 Å². The standard InChI is InChI=1S/C26H36N4O6S/c1-15-20(37-14-27-15)16-8-10-18(11-9-16)36-29-22(32)19-12-17(31)13-30(19)23(33)21(25(2,3)4)28-24(34)35-26(5,6)7/h8-11,14,17,19,21,31H,12-13H2,1-7H3,(H,28,34)(H,29,32)/t17-,19+,21-/m1/s1. The molecule has 0 unspecified atom stereocenters. The molecule has 2 aromatic rings. The van der Waals surface area contributed by atoms with Crippen molar-refractivity contribution in [1.29, 1.82) is 0 Å². The summed E-state index contributed by atoms with van der Waals surface area (Å²) in [5, 5.41) is 12.9. The largest absolute Gasteiger partial charge is 0.444 e. The highest BCUT2D eigenvalue weighted by atomic mass is 32.1. The number of aliphatic hydroxyl groups is 1. The van der Waals surface area contributed by atoms with Gasteiger partial charge in [0.2, 0.25) is 5.91 Å². The molecule has 1 aromatic carbocycles. The Morgan fingerprint density at radius 2 is 1.78 bits per heavy atom. The molecule has 0 saturated carbocycles. The number of likely N-dealkylation sites (tertiary alicyclic amines) is 1. The molecular formula is C26H36N4O6S. The van der Waals surface area contributed by atoms with E-state index < -0.39 is 47.1 Å². The topological polar surface area (TPSA) is 130 Å². The first kappa shape index (κ1) is 28.4. The lowest BCUT2D eigenvalue weighted by Crippen LogP contribution is -2.58. The van der Waals surface area contributed by atoms with Gasteiger partial charge in [-0.15, -0.1) is 11.3 Å². The van der Waals surface area contributed by atoms with Crippen LogP contribution in [0.5, 0.6) is 5.75 Å². The number of alkyl carbamates (subject to hydrolysis) is 1. The lowest BCUT2D eigenvalue weighted by atomic mass is 9.85. The number of rotatable bonds is 6. The fraction of sp³-hybridized carbons (Fsp3) is 0.538. The third kappa shape index (κ3) is 7.42. The van der Waals surface area contributed by atoms with Crippen molar-refractivity contribution in [2.24, 2.45) is 5.41 Å². The van der Waals surface area contributed by atoms with E-state index in [1.54, 1.807) is 59.2 Å². The summed E-state index contributed by atoms with van der Waals surface area (Å²) < 4.78 is 5.33. The molecule has 0 bridgehead atoms. The minimum absolute atomic E-state index is 0.0393. The van der Waals surface area contributed by atoms with Crippen LogP contribution >= 0.6 is 11.3 Å². The van der Waals surface area contributed by atoms with Crippen LogP contribution in [0.4, 0.5) is 4.79 Å². The van der Waals surface area contributed by atoms with Gasteiger partial charge in [-0.1, -0.05) is 20.8 Å². The average Bonchev–Trinajstić information content (AvgIpc) is 3.39. The van der Waals surface area contributed by atoms with Gasteiger partial charge in [-0.3, -0.25) is 9.59 Å². The Morgan fingerprint density at radius 3 is 2.32 bits per heavy atom. The summed E-state index contributed by atoms with van der Waals surface area (Å²) >= 11 is 1.54. The van der Waals surface area contributed by atoms with E-state index in [1.807, 2.05) is 19.1 Å². The van der Waals surface area contributed by atoms with Crippen LogP contribution in [0.1, 0.15) is 53.7 Å². The second kappa shape index (κ2) is 11.1. The van der Waals surface area contributed by atoms with Crippen molar-refractivity contribution in [1.82, 2.24) is 20.7 Å². The van der Waals surface area contributed by atoms with E-state index in [0.717, 1.165) is 16.1 Å². The highest BCUT2D eigenvalue weighted by molar-refractivity contribution is 7.13. The number of aromatic nitrogens is 1. The van der Waals surface area contributed by atoms with Crippen LogP contribution in [-0.4, -0.2) is 63.2 Å². The summed E-state index contributed by atoms with van der Waals surface area (Å²) in [5.74, 6) is -0.647. The van der Waals surface area contributed by atoms with Crippen molar-refractivity contribution < 1.29 is 29.1 Å². The van der Waals surface area contributed by atoms with Crippen molar-refractivity contribution in [2.75, 3.05) is 6.54 Å². The van der Waals surface area contributed by atoms with Crippen LogP contribution in [0.25, 0.3) is 10.4 Å². The lowest BCUT2D eigenvalue weighted by molar-refractivity contribution is -0.144. The molecule has 0 aliphatic carbocycles. The Bertz CT molecular complexity index is 1120. The number of aryl methyl sites for hydroxylation is 1. The minimum Gasteiger partial charge on any atom is -0.444 e. The molecule has 1 aromatic heterocycles. The third-order valence-corrected chi connectivity index (χ3v) is 6.75. The zero-order valence-electron chi connectivity index (χ0n) is 22.3. The molecule has 10 nitrogen and oxygen atoms in total. The molecule has 2 heterocycles. The van der Waals surface area contributed by atoms with E-state index in [9.17, 15) is 19.5 Å². The number of amides is 3. The van der Waals surface area contributed by atoms with Gasteiger partial charge in [0, 0.05) is 13.0 Å². The fourth-order valence-electron chi connectivity index (χ4n) is 3.98. The number of aliphatic hydroxyl groups excluding tert-OH is 1. The van der Waals surface area contributed by atoms with Crippen molar-refractivity contribution >= 4 is 29.2 Å². The summed E-state index contributed by atoms with van der Waals surface area (Å²) in [6, 6.07) is 5.24. The molecule has 3 amide bonds. The molecule has 1 fully saturated rings. The van der Waals surface area contributed by atoms with E-state index in [4.69, 9.17) is 9.57 Å². The van der Waals surface area contributed by atoms with Gasteiger partial charge >= 0.3 is 6.09 Å². The zero-order valence-corrected chi connectivity index (χ0v) is 23.1. The second-order valence-electron chi connectivity index (χ2n) is 11.2. The maximum atomic E-state index is 13.5. The SMILES string of the molecule is Cc1ncsc1-c1ccc(ONC(=O)[C@@H]2C[C@@H](O)CN2C(=O)[C@@H](NC(=O)OC(C)(C)C)C(C)(C)C)cc1. The number of β-amino-alcohol motifs (C(OH)–C–C–N with tert-alkyl or cyclic N) is 1. The van der Waals surface area contributed by atoms with Crippen LogP contribution in [0, 0.1) is 12.3 Å². The van der Waals surface area contributed by atoms with Crippen LogP contribution in [-0.2, 0) is 14.3 Å². The summed E-state index contributed by atoms with van der Waals surface area (Å²) in [6.07, 6.45) is -1.57. The van der Waals surface area contributed by atoms with E-state index in [2.05, 4.69) is 15.8 Å². The Kier molecular flexibility index (Phi) is 8.49. The van der Waals surface area contributed by atoms with Crippen LogP contribution in [0.2, 0.25) is 0 Å². The van der Waals surface area contributed by atoms with Crippen LogP contribution in [0.15, 0.2) is 29.8 Å². The average molecular weight is 533 g/mol. The Hall–Kier alpha value is -3.18. The van der Waals surface area contributed by atoms with Gasteiger partial charge in [0.15, 0.2) is 5.75 Å². The highest BCUT2D eigenvalue weighted by Crippen LogP contribution is 2.29. The number of hydrogen-bond acceptors (Lipinski definition) is 8. The van der Waals surface area contributed by atoms with Crippen molar-refractivity contribution in [3.8, 4) is 16.2 Å². The van der Waals surface area contributed by atoms with Crippen molar-refractivity contribution in [2.45, 2.75) is 78.7 Å². The number of carbonyl (C=O) groups excluding carboxylic acids is 3. The fourth-order valence-corrected chi connectivity index (χ4v) is 4.79. The van der Waals surface area contributed by atoms with Gasteiger partial charge in [0.05, 0.1) is 22.2 Å². The highest BCUT2D eigenvalue weighted by Gasteiger charge is 2.45. The second-order valence-corrected chi connectivity index (χ2v) is 12.1. The number of carbonyl (C=O) groups is 3. The van der Waals surface area contributed by atoms with Gasteiger partial charge in [-0.05, 0) is 62.9 Å². The Morgan fingerprint density at radius 1 is 1.14 bits per heavy atom. The summed E-state index contributed by atoms with van der Waals surface area (Å²) in [4.78, 5) is 51.0. The zero-order chi connectivity index (χ0) is 27.5. The molecule has 1 aliphatic heterocycles. The first-order chi connectivity index (χ1) is 17.2. The molecular weight excluding hydrogens is 496 g/mol. The number of nitrogens with one attached hydrogen (secondary N) is 2. The lowest BCUT2D eigenvalue weighted by Gasteiger charge is -2.35. The Balaban J connectivity index is 1.68. The summed E-state index contributed by atoms with van der Waals surface area (Å²) in [7, 11) is 0. The van der Waals surface area contributed by atoms with E-state index in [0.29, 0.717) is 5.75 Å². The Labute approximate surface area is 221 Å².